The van der Waals surface area contributed by atoms with E-state index >= 15 is 0 Å². The Kier molecular flexibility index (Phi) is 3.66. The fourth-order valence-corrected chi connectivity index (χ4v) is 3.16. The Labute approximate surface area is 138 Å². The van der Waals surface area contributed by atoms with Gasteiger partial charge in [-0.15, -0.1) is 0 Å². The zero-order valence-corrected chi connectivity index (χ0v) is 13.5. The number of aromatic nitrogens is 3. The van der Waals surface area contributed by atoms with Crippen molar-refractivity contribution in [1.29, 1.82) is 0 Å². The van der Waals surface area contributed by atoms with Crippen LogP contribution in [-0.2, 0) is 4.74 Å². The monoisotopic (exact) mass is 326 g/mol. The highest BCUT2D eigenvalue weighted by atomic mass is 16.5. The fraction of sp³-hybridized carbons (Fsp3) is 0.353. The van der Waals surface area contributed by atoms with Crippen LogP contribution in [0.1, 0.15) is 18.9 Å². The first-order valence-corrected chi connectivity index (χ1v) is 7.90. The van der Waals surface area contributed by atoms with E-state index in [2.05, 4.69) is 20.0 Å². The van der Waals surface area contributed by atoms with Gasteiger partial charge < -0.3 is 19.1 Å². The summed E-state index contributed by atoms with van der Waals surface area (Å²) in [5.74, 6) is 0.838. The molecule has 1 aliphatic rings. The van der Waals surface area contributed by atoms with E-state index in [-0.39, 0.29) is 17.8 Å². The summed E-state index contributed by atoms with van der Waals surface area (Å²) in [5.41, 5.74) is 1.20. The molecule has 7 heteroatoms. The van der Waals surface area contributed by atoms with Gasteiger partial charge in [-0.25, -0.2) is 0 Å². The van der Waals surface area contributed by atoms with Crippen LogP contribution in [0, 0.1) is 0 Å². The van der Waals surface area contributed by atoms with Crippen molar-refractivity contribution in [1.82, 2.24) is 20.0 Å². The minimum Gasteiger partial charge on any atom is -0.363 e. The van der Waals surface area contributed by atoms with Crippen LogP contribution in [0.5, 0.6) is 0 Å². The molecule has 3 heterocycles. The van der Waals surface area contributed by atoms with Gasteiger partial charge >= 0.3 is 0 Å². The number of nitrogens with zero attached hydrogens (tertiary/aromatic N) is 3. The molecule has 0 bridgehead atoms. The summed E-state index contributed by atoms with van der Waals surface area (Å²) in [4.78, 5) is 21.4. The van der Waals surface area contributed by atoms with E-state index < -0.39 is 0 Å². The van der Waals surface area contributed by atoms with Crippen LogP contribution in [0.3, 0.4) is 0 Å². The maximum absolute atomic E-state index is 11.9. The highest BCUT2D eigenvalue weighted by molar-refractivity contribution is 5.92. The Morgan fingerprint density at radius 1 is 1.29 bits per heavy atom. The van der Waals surface area contributed by atoms with E-state index in [1.54, 1.807) is 0 Å². The molecule has 24 heavy (non-hydrogen) atoms. The van der Waals surface area contributed by atoms with Gasteiger partial charge in [0.15, 0.2) is 0 Å². The number of likely N-dealkylation sites (N-methyl/N-ethyl adjacent to an activating group) is 1. The van der Waals surface area contributed by atoms with Crippen molar-refractivity contribution < 1.29 is 9.26 Å². The predicted molar refractivity (Wildman–Crippen MR) is 88.6 cm³/mol. The van der Waals surface area contributed by atoms with Crippen LogP contribution in [0.4, 0.5) is 0 Å². The molecule has 0 amide bonds. The lowest BCUT2D eigenvalue weighted by Crippen LogP contribution is -2.40. The van der Waals surface area contributed by atoms with E-state index in [0.717, 1.165) is 17.4 Å². The first-order chi connectivity index (χ1) is 11.6. The molecular weight excluding hydrogens is 308 g/mol. The molecule has 1 saturated heterocycles. The Morgan fingerprint density at radius 2 is 2.12 bits per heavy atom. The molecule has 0 radical (unpaired) electrons. The number of fused-ring (bicyclic) bond motifs is 1. The molecule has 4 rings (SSSR count). The molecule has 0 unspecified atom stereocenters. The molecule has 1 aromatic carbocycles. The summed E-state index contributed by atoms with van der Waals surface area (Å²) in [7, 11) is 2.04. The molecule has 0 spiro atoms. The van der Waals surface area contributed by atoms with Crippen LogP contribution < -0.4 is 5.56 Å². The van der Waals surface area contributed by atoms with Gasteiger partial charge in [-0.1, -0.05) is 23.4 Å². The molecule has 0 aliphatic carbocycles. The van der Waals surface area contributed by atoms with Crippen molar-refractivity contribution in [2.75, 3.05) is 20.1 Å². The molecule has 0 saturated carbocycles. The average Bonchev–Trinajstić information content (AvgIpc) is 3.03. The third kappa shape index (κ3) is 2.72. The summed E-state index contributed by atoms with van der Waals surface area (Å²) in [6.07, 6.45) is -0.155. The number of morpholine rings is 1. The number of benzene rings is 1. The highest BCUT2D eigenvalue weighted by Crippen LogP contribution is 2.28. The van der Waals surface area contributed by atoms with E-state index in [9.17, 15) is 4.79 Å². The van der Waals surface area contributed by atoms with Crippen molar-refractivity contribution in [2.24, 2.45) is 0 Å². The van der Waals surface area contributed by atoms with Gasteiger partial charge in [0.1, 0.15) is 6.10 Å². The minimum absolute atomic E-state index is 0.101. The van der Waals surface area contributed by atoms with E-state index in [1.165, 1.54) is 6.07 Å². The number of aromatic amines is 1. The zero-order chi connectivity index (χ0) is 16.7. The lowest BCUT2D eigenvalue weighted by Gasteiger charge is -2.32. The first kappa shape index (κ1) is 15.0. The second-order valence-electron chi connectivity index (χ2n) is 6.21. The SMILES string of the molecule is C[C@@H]1CN(C)C[C@H](c2nc(-c3cc(=O)[nH]c4ccccc34)no2)O1. The lowest BCUT2D eigenvalue weighted by molar-refractivity contribution is -0.0838. The molecule has 3 aromatic rings. The van der Waals surface area contributed by atoms with Gasteiger partial charge in [0.05, 0.1) is 6.10 Å². The van der Waals surface area contributed by atoms with Gasteiger partial charge in [-0.3, -0.25) is 4.79 Å². The number of para-hydroxylation sites is 1. The molecule has 7 nitrogen and oxygen atoms in total. The molecule has 2 aromatic heterocycles. The summed E-state index contributed by atoms with van der Waals surface area (Å²) in [6, 6.07) is 9.04. The molecule has 1 fully saturated rings. The topological polar surface area (TPSA) is 84.3 Å². The molecule has 1 aliphatic heterocycles. The average molecular weight is 326 g/mol. The quantitative estimate of drug-likeness (QED) is 0.775. The first-order valence-electron chi connectivity index (χ1n) is 7.90. The van der Waals surface area contributed by atoms with Gasteiger partial charge in [-0.2, -0.15) is 4.98 Å². The summed E-state index contributed by atoms with van der Waals surface area (Å²) < 4.78 is 11.3. The predicted octanol–water partition coefficient (Wildman–Crippen LogP) is 1.97. The second-order valence-corrected chi connectivity index (χ2v) is 6.21. The third-order valence-electron chi connectivity index (χ3n) is 4.15. The molecule has 124 valence electrons. The van der Waals surface area contributed by atoms with E-state index in [0.29, 0.717) is 23.8 Å². The molecule has 2 atom stereocenters. The Morgan fingerprint density at radius 3 is 2.96 bits per heavy atom. The second kappa shape index (κ2) is 5.85. The zero-order valence-electron chi connectivity index (χ0n) is 13.5. The van der Waals surface area contributed by atoms with E-state index in [4.69, 9.17) is 9.26 Å². The number of nitrogens with one attached hydrogen (secondary N) is 1. The maximum Gasteiger partial charge on any atom is 0.257 e. The number of ether oxygens (including phenoxy) is 1. The van der Waals surface area contributed by atoms with Crippen molar-refractivity contribution >= 4 is 10.9 Å². The number of hydrogen-bond acceptors (Lipinski definition) is 6. The van der Waals surface area contributed by atoms with Crippen LogP contribution >= 0.6 is 0 Å². The van der Waals surface area contributed by atoms with Gasteiger partial charge in [0.25, 0.3) is 5.89 Å². The van der Waals surface area contributed by atoms with Gasteiger partial charge in [0.2, 0.25) is 11.4 Å². The Bertz CT molecular complexity index is 923. The number of pyridine rings is 1. The Balaban J connectivity index is 1.74. The number of rotatable bonds is 2. The van der Waals surface area contributed by atoms with Gasteiger partial charge in [0, 0.05) is 35.6 Å². The smallest absolute Gasteiger partial charge is 0.257 e. The normalized spacial score (nSPS) is 22.1. The van der Waals surface area contributed by atoms with Crippen LogP contribution in [0.15, 0.2) is 39.6 Å². The minimum atomic E-state index is -0.256. The van der Waals surface area contributed by atoms with E-state index in [1.807, 2.05) is 38.2 Å². The molecular formula is C17H18N4O3. The van der Waals surface area contributed by atoms with Crippen molar-refractivity contribution in [3.8, 4) is 11.4 Å². The summed E-state index contributed by atoms with van der Waals surface area (Å²) in [6.45, 7) is 3.59. The van der Waals surface area contributed by atoms with Crippen LogP contribution in [0.25, 0.3) is 22.3 Å². The lowest BCUT2D eigenvalue weighted by atomic mass is 10.1. The van der Waals surface area contributed by atoms with Crippen LogP contribution in [-0.4, -0.2) is 46.3 Å². The standard InChI is InChI=1S/C17H18N4O3/c1-10-8-21(2)9-14(23-10)17-19-16(20-24-17)12-7-15(22)18-13-6-4-3-5-11(12)13/h3-7,10,14H,8-9H2,1-2H3,(H,18,22)/t10-,14-/m1/s1. The molecule has 1 N–H and O–H groups in total. The van der Waals surface area contributed by atoms with Gasteiger partial charge in [-0.05, 0) is 20.0 Å². The third-order valence-corrected chi connectivity index (χ3v) is 4.15. The largest absolute Gasteiger partial charge is 0.363 e. The van der Waals surface area contributed by atoms with Crippen molar-refractivity contribution in [3.63, 3.8) is 0 Å². The maximum atomic E-state index is 11.9. The van der Waals surface area contributed by atoms with Crippen molar-refractivity contribution in [3.05, 3.63) is 46.6 Å². The summed E-state index contributed by atoms with van der Waals surface area (Å²) in [5, 5.41) is 4.94. The number of H-pyrrole nitrogens is 1. The van der Waals surface area contributed by atoms with Crippen LogP contribution in [0.2, 0.25) is 0 Å². The van der Waals surface area contributed by atoms with Crippen molar-refractivity contribution in [2.45, 2.75) is 19.1 Å². The highest BCUT2D eigenvalue weighted by Gasteiger charge is 2.29. The number of hydrogen-bond donors (Lipinski definition) is 1. The Hall–Kier alpha value is -2.51. The summed E-state index contributed by atoms with van der Waals surface area (Å²) >= 11 is 0. The fourth-order valence-electron chi connectivity index (χ4n) is 3.16.